The number of fused-ring (bicyclic) bond motifs is 1. The van der Waals surface area contributed by atoms with Crippen LogP contribution in [-0.2, 0) is 13.1 Å². The summed E-state index contributed by atoms with van der Waals surface area (Å²) in [5.74, 6) is 0. The lowest BCUT2D eigenvalue weighted by molar-refractivity contribution is 0.698. The van der Waals surface area contributed by atoms with Gasteiger partial charge in [0.15, 0.2) is 0 Å². The lowest BCUT2D eigenvalue weighted by Gasteiger charge is -1.98. The summed E-state index contributed by atoms with van der Waals surface area (Å²) in [6.45, 7) is 3.91. The highest BCUT2D eigenvalue weighted by molar-refractivity contribution is 7.18. The van der Waals surface area contributed by atoms with Crippen molar-refractivity contribution in [1.82, 2.24) is 10.3 Å². The van der Waals surface area contributed by atoms with E-state index >= 15 is 0 Å². The van der Waals surface area contributed by atoms with E-state index < -0.39 is 0 Å². The van der Waals surface area contributed by atoms with Gasteiger partial charge in [-0.1, -0.05) is 12.1 Å². The van der Waals surface area contributed by atoms with E-state index in [0.717, 1.165) is 23.6 Å². The molecule has 0 unspecified atom stereocenters. The molecule has 0 saturated carbocycles. The van der Waals surface area contributed by atoms with E-state index in [1.54, 1.807) is 11.3 Å². The molecule has 0 spiro atoms. The molecule has 0 aliphatic carbocycles. The highest BCUT2D eigenvalue weighted by atomic mass is 32.1. The highest BCUT2D eigenvalue weighted by Gasteiger charge is 2.03. The van der Waals surface area contributed by atoms with Crippen LogP contribution in [0.25, 0.3) is 10.2 Å². The van der Waals surface area contributed by atoms with Gasteiger partial charge in [-0.15, -0.1) is 22.7 Å². The van der Waals surface area contributed by atoms with Gasteiger partial charge in [0.1, 0.15) is 5.01 Å². The van der Waals surface area contributed by atoms with Crippen molar-refractivity contribution >= 4 is 32.9 Å². The van der Waals surface area contributed by atoms with Crippen LogP contribution >= 0.6 is 22.7 Å². The second-order valence-electron chi connectivity index (χ2n) is 4.19. The fourth-order valence-corrected chi connectivity index (χ4v) is 3.67. The molecule has 0 bridgehead atoms. The first kappa shape index (κ1) is 11.8. The topological polar surface area (TPSA) is 24.9 Å². The predicted octanol–water partition coefficient (Wildman–Crippen LogP) is 3.96. The number of thiazole rings is 1. The van der Waals surface area contributed by atoms with Crippen molar-refractivity contribution in [2.24, 2.45) is 0 Å². The van der Waals surface area contributed by atoms with Crippen molar-refractivity contribution in [3.63, 3.8) is 0 Å². The molecule has 1 aromatic carbocycles. The normalized spacial score (nSPS) is 11.2. The van der Waals surface area contributed by atoms with E-state index in [9.17, 15) is 0 Å². The number of rotatable bonds is 4. The number of hydrogen-bond donors (Lipinski definition) is 1. The number of nitrogens with one attached hydrogen (secondary N) is 1. The summed E-state index contributed by atoms with van der Waals surface area (Å²) in [7, 11) is 0. The molecule has 18 heavy (non-hydrogen) atoms. The van der Waals surface area contributed by atoms with Gasteiger partial charge >= 0.3 is 0 Å². The zero-order valence-electron chi connectivity index (χ0n) is 10.1. The molecule has 0 atom stereocenters. The van der Waals surface area contributed by atoms with Crippen molar-refractivity contribution in [1.29, 1.82) is 0 Å². The largest absolute Gasteiger partial charge is 0.306 e. The molecule has 0 fully saturated rings. The molecule has 1 N–H and O–H groups in total. The Labute approximate surface area is 114 Å². The first-order valence-corrected chi connectivity index (χ1v) is 7.55. The quantitative estimate of drug-likeness (QED) is 0.779. The van der Waals surface area contributed by atoms with Crippen LogP contribution in [0.1, 0.15) is 14.8 Å². The third-order valence-corrected chi connectivity index (χ3v) is 4.75. The van der Waals surface area contributed by atoms with Gasteiger partial charge in [0.25, 0.3) is 0 Å². The van der Waals surface area contributed by atoms with Crippen LogP contribution in [0.3, 0.4) is 0 Å². The Morgan fingerprint density at radius 1 is 1.06 bits per heavy atom. The third-order valence-electron chi connectivity index (χ3n) is 2.71. The summed E-state index contributed by atoms with van der Waals surface area (Å²) in [4.78, 5) is 7.36. The van der Waals surface area contributed by atoms with Crippen molar-refractivity contribution in [3.8, 4) is 0 Å². The number of aryl methyl sites for hydroxylation is 1. The van der Waals surface area contributed by atoms with Crippen LogP contribution in [0, 0.1) is 6.92 Å². The Morgan fingerprint density at radius 2 is 1.94 bits per heavy atom. The molecule has 3 rings (SSSR count). The minimum Gasteiger partial charge on any atom is -0.306 e. The average molecular weight is 274 g/mol. The molecule has 4 heteroatoms. The molecule has 0 radical (unpaired) electrons. The first-order chi connectivity index (χ1) is 8.81. The fourth-order valence-electron chi connectivity index (χ4n) is 1.87. The van der Waals surface area contributed by atoms with Crippen LogP contribution in [0.4, 0.5) is 0 Å². The fraction of sp³-hybridized carbons (Fsp3) is 0.214. The third kappa shape index (κ3) is 2.61. The Kier molecular flexibility index (Phi) is 3.41. The number of hydrogen-bond acceptors (Lipinski definition) is 4. The van der Waals surface area contributed by atoms with Crippen molar-refractivity contribution in [2.75, 3.05) is 0 Å². The van der Waals surface area contributed by atoms with Gasteiger partial charge in [-0.25, -0.2) is 4.98 Å². The van der Waals surface area contributed by atoms with Crippen molar-refractivity contribution in [3.05, 3.63) is 51.2 Å². The molecule has 2 nitrogen and oxygen atoms in total. The van der Waals surface area contributed by atoms with E-state index in [0.29, 0.717) is 0 Å². The second kappa shape index (κ2) is 5.18. The summed E-state index contributed by atoms with van der Waals surface area (Å²) in [6.07, 6.45) is 0. The molecule has 2 aromatic heterocycles. The summed E-state index contributed by atoms with van der Waals surface area (Å²) < 4.78 is 1.27. The molecule has 2 heterocycles. The molecule has 0 saturated heterocycles. The molecule has 0 aliphatic heterocycles. The number of para-hydroxylation sites is 1. The lowest BCUT2D eigenvalue weighted by Crippen LogP contribution is -2.11. The molecular weight excluding hydrogens is 260 g/mol. The molecule has 3 aromatic rings. The summed E-state index contributed by atoms with van der Waals surface area (Å²) in [5, 5.41) is 4.61. The Hall–Kier alpha value is -1.23. The number of benzene rings is 1. The molecular formula is C14H14N2S2. The molecule has 0 amide bonds. The second-order valence-corrected chi connectivity index (χ2v) is 6.68. The van der Waals surface area contributed by atoms with Gasteiger partial charge in [-0.05, 0) is 31.2 Å². The minimum atomic E-state index is 0.844. The van der Waals surface area contributed by atoms with Gasteiger partial charge < -0.3 is 5.32 Å². The van der Waals surface area contributed by atoms with Crippen molar-refractivity contribution < 1.29 is 0 Å². The number of aromatic nitrogens is 1. The van der Waals surface area contributed by atoms with Gasteiger partial charge in [-0.2, -0.15) is 0 Å². The Balaban J connectivity index is 1.62. The minimum absolute atomic E-state index is 0.844. The van der Waals surface area contributed by atoms with Crippen LogP contribution in [0.5, 0.6) is 0 Å². The van der Waals surface area contributed by atoms with Gasteiger partial charge in [0, 0.05) is 22.8 Å². The molecule has 92 valence electrons. The van der Waals surface area contributed by atoms with E-state index in [2.05, 4.69) is 47.6 Å². The predicted molar refractivity (Wildman–Crippen MR) is 79.2 cm³/mol. The standard InChI is InChI=1S/C14H14N2S2/c1-10-6-7-11(17-10)8-15-9-14-16-12-4-2-3-5-13(12)18-14/h2-7,15H,8-9H2,1H3. The summed E-state index contributed by atoms with van der Waals surface area (Å²) in [6, 6.07) is 12.6. The zero-order valence-corrected chi connectivity index (χ0v) is 11.8. The smallest absolute Gasteiger partial charge is 0.108 e. The van der Waals surface area contributed by atoms with Crippen LogP contribution in [0.2, 0.25) is 0 Å². The number of nitrogens with zero attached hydrogens (tertiary/aromatic N) is 1. The van der Waals surface area contributed by atoms with Gasteiger partial charge in [-0.3, -0.25) is 0 Å². The summed E-state index contributed by atoms with van der Waals surface area (Å²) in [5.41, 5.74) is 1.10. The van der Waals surface area contributed by atoms with E-state index in [-0.39, 0.29) is 0 Å². The Bertz CT molecular complexity index is 621. The van der Waals surface area contributed by atoms with E-state index in [1.165, 1.54) is 14.5 Å². The van der Waals surface area contributed by atoms with Crippen molar-refractivity contribution in [2.45, 2.75) is 20.0 Å². The SMILES string of the molecule is Cc1ccc(CNCc2nc3ccccc3s2)s1. The average Bonchev–Trinajstić information content (AvgIpc) is 2.95. The van der Waals surface area contributed by atoms with Crippen LogP contribution in [-0.4, -0.2) is 4.98 Å². The zero-order chi connectivity index (χ0) is 12.4. The monoisotopic (exact) mass is 274 g/mol. The van der Waals surface area contributed by atoms with E-state index in [1.807, 2.05) is 17.4 Å². The maximum atomic E-state index is 4.61. The summed E-state index contributed by atoms with van der Waals surface area (Å²) >= 11 is 3.62. The lowest BCUT2D eigenvalue weighted by atomic mass is 10.3. The molecule has 0 aliphatic rings. The first-order valence-electron chi connectivity index (χ1n) is 5.92. The highest BCUT2D eigenvalue weighted by Crippen LogP contribution is 2.21. The van der Waals surface area contributed by atoms with Gasteiger partial charge in [0.05, 0.1) is 10.2 Å². The maximum absolute atomic E-state index is 4.61. The van der Waals surface area contributed by atoms with Crippen LogP contribution < -0.4 is 5.32 Å². The van der Waals surface area contributed by atoms with Gasteiger partial charge in [0.2, 0.25) is 0 Å². The number of thiophene rings is 1. The Morgan fingerprint density at radius 3 is 2.72 bits per heavy atom. The van der Waals surface area contributed by atoms with E-state index in [4.69, 9.17) is 0 Å². The van der Waals surface area contributed by atoms with Crippen LogP contribution in [0.15, 0.2) is 36.4 Å². The maximum Gasteiger partial charge on any atom is 0.108 e.